The molecule has 0 amide bonds. The number of thiazole rings is 1. The van der Waals surface area contributed by atoms with Crippen molar-refractivity contribution in [1.29, 1.82) is 0 Å². The molecule has 6 heteroatoms. The van der Waals surface area contributed by atoms with Gasteiger partial charge in [-0.25, -0.2) is 4.79 Å². The number of nitrogens with zero attached hydrogens (tertiary/aromatic N) is 1. The van der Waals surface area contributed by atoms with Gasteiger partial charge in [-0.05, 0) is 22.0 Å². The number of carbonyl (C=O) groups is 1. The van der Waals surface area contributed by atoms with E-state index in [1.54, 1.807) is 12.1 Å². The van der Waals surface area contributed by atoms with Crippen molar-refractivity contribution in [3.63, 3.8) is 0 Å². The topological polar surface area (TPSA) is 58.8 Å². The number of pyridine rings is 1. The molecular formula is C8H4BrNO3S. The van der Waals surface area contributed by atoms with Crippen molar-refractivity contribution in [2.24, 2.45) is 0 Å². The number of carboxylic acid groups (broad SMARTS) is 1. The van der Waals surface area contributed by atoms with Gasteiger partial charge in [-0.3, -0.25) is 9.20 Å². The van der Waals surface area contributed by atoms with E-state index in [-0.39, 0.29) is 11.3 Å². The number of hydrogen-bond donors (Lipinski definition) is 1. The van der Waals surface area contributed by atoms with Gasteiger partial charge in [0.25, 0.3) is 5.56 Å². The second kappa shape index (κ2) is 3.21. The molecule has 4 nitrogen and oxygen atoms in total. The molecule has 0 aliphatic carbocycles. The van der Waals surface area contributed by atoms with E-state index in [2.05, 4.69) is 15.9 Å². The zero-order chi connectivity index (χ0) is 10.3. The summed E-state index contributed by atoms with van der Waals surface area (Å²) in [6, 6.07) is 4.63. The summed E-state index contributed by atoms with van der Waals surface area (Å²) in [5, 5.41) is 8.89. The molecule has 2 heterocycles. The first-order valence-electron chi connectivity index (χ1n) is 3.64. The molecule has 0 atom stereocenters. The van der Waals surface area contributed by atoms with Gasteiger partial charge in [0, 0.05) is 6.07 Å². The van der Waals surface area contributed by atoms with E-state index in [4.69, 9.17) is 5.11 Å². The molecule has 0 aromatic carbocycles. The van der Waals surface area contributed by atoms with Crippen molar-refractivity contribution in [3.8, 4) is 0 Å². The van der Waals surface area contributed by atoms with E-state index >= 15 is 0 Å². The summed E-state index contributed by atoms with van der Waals surface area (Å²) < 4.78 is 1.63. The van der Waals surface area contributed by atoms with Crippen LogP contribution in [-0.4, -0.2) is 15.5 Å². The Labute approximate surface area is 90.6 Å². The molecule has 2 aromatic rings. The summed E-state index contributed by atoms with van der Waals surface area (Å²) in [4.78, 5) is 22.9. The van der Waals surface area contributed by atoms with E-state index in [0.717, 1.165) is 0 Å². The lowest BCUT2D eigenvalue weighted by Gasteiger charge is -1.94. The predicted molar refractivity (Wildman–Crippen MR) is 56.2 cm³/mol. The maximum absolute atomic E-state index is 11.4. The number of carboxylic acids is 1. The molecule has 2 rings (SSSR count). The average Bonchev–Trinajstić information content (AvgIpc) is 2.42. The van der Waals surface area contributed by atoms with Gasteiger partial charge in [-0.1, -0.05) is 6.07 Å². The minimum Gasteiger partial charge on any atom is -0.476 e. The van der Waals surface area contributed by atoms with Crippen molar-refractivity contribution in [2.75, 3.05) is 0 Å². The lowest BCUT2D eigenvalue weighted by Crippen LogP contribution is -2.15. The van der Waals surface area contributed by atoms with Gasteiger partial charge in [0.05, 0.1) is 0 Å². The highest BCUT2D eigenvalue weighted by molar-refractivity contribution is 9.11. The van der Waals surface area contributed by atoms with E-state index < -0.39 is 5.97 Å². The van der Waals surface area contributed by atoms with Crippen LogP contribution in [0.5, 0.6) is 0 Å². The van der Waals surface area contributed by atoms with Gasteiger partial charge in [0.15, 0.2) is 5.69 Å². The maximum atomic E-state index is 11.4. The molecule has 0 saturated carbocycles. The number of aromatic nitrogens is 1. The van der Waals surface area contributed by atoms with E-state index in [9.17, 15) is 9.59 Å². The summed E-state index contributed by atoms with van der Waals surface area (Å²) in [7, 11) is 0. The van der Waals surface area contributed by atoms with E-state index in [1.807, 2.05) is 0 Å². The number of rotatable bonds is 1. The maximum Gasteiger partial charge on any atom is 0.355 e. The van der Waals surface area contributed by atoms with Crippen LogP contribution >= 0.6 is 27.3 Å². The van der Waals surface area contributed by atoms with Crippen molar-refractivity contribution >= 4 is 38.1 Å². The third kappa shape index (κ3) is 1.27. The van der Waals surface area contributed by atoms with Crippen molar-refractivity contribution < 1.29 is 9.90 Å². The first-order chi connectivity index (χ1) is 6.61. The first-order valence-corrected chi connectivity index (χ1v) is 5.25. The van der Waals surface area contributed by atoms with Gasteiger partial charge >= 0.3 is 5.97 Å². The normalized spacial score (nSPS) is 10.6. The van der Waals surface area contributed by atoms with Gasteiger partial charge < -0.3 is 5.11 Å². The molecule has 0 aliphatic heterocycles. The summed E-state index contributed by atoms with van der Waals surface area (Å²) in [5.74, 6) is -1.11. The summed E-state index contributed by atoms with van der Waals surface area (Å²) in [5.41, 5.74) is -0.350. The first kappa shape index (κ1) is 9.42. The quantitative estimate of drug-likeness (QED) is 0.862. The van der Waals surface area contributed by atoms with Gasteiger partial charge in [-0.15, -0.1) is 11.3 Å². The smallest absolute Gasteiger partial charge is 0.355 e. The van der Waals surface area contributed by atoms with Crippen LogP contribution in [0.4, 0.5) is 0 Å². The molecule has 72 valence electrons. The Balaban J connectivity index is 3.01. The SMILES string of the molecule is O=C(O)c1c(Br)sc2cccc(=O)n12. The lowest BCUT2D eigenvalue weighted by atomic mass is 10.4. The van der Waals surface area contributed by atoms with E-state index in [0.29, 0.717) is 8.62 Å². The Kier molecular flexibility index (Phi) is 2.16. The largest absolute Gasteiger partial charge is 0.476 e. The fraction of sp³-hybridized carbons (Fsp3) is 0. The standard InChI is InChI=1S/C8H4BrNO3S/c9-7-6(8(12)13)10-4(11)2-1-3-5(10)14-7/h1-3H,(H,12,13). The van der Waals surface area contributed by atoms with Crippen LogP contribution in [-0.2, 0) is 0 Å². The summed E-state index contributed by atoms with van der Waals surface area (Å²) >= 11 is 4.34. The molecule has 0 unspecified atom stereocenters. The number of halogens is 1. The Bertz CT molecular complexity index is 571. The average molecular weight is 274 g/mol. The summed E-state index contributed by atoms with van der Waals surface area (Å²) in [6.07, 6.45) is 0. The monoisotopic (exact) mass is 273 g/mol. The summed E-state index contributed by atoms with van der Waals surface area (Å²) in [6.45, 7) is 0. The zero-order valence-electron chi connectivity index (χ0n) is 6.73. The van der Waals surface area contributed by atoms with Gasteiger partial charge in [-0.2, -0.15) is 0 Å². The minimum absolute atomic E-state index is 0.0180. The Hall–Kier alpha value is -1.14. The third-order valence-corrected chi connectivity index (χ3v) is 3.49. The van der Waals surface area contributed by atoms with Gasteiger partial charge in [0.2, 0.25) is 0 Å². The molecule has 0 aliphatic rings. The Morgan fingerprint density at radius 1 is 1.50 bits per heavy atom. The highest BCUT2D eigenvalue weighted by Gasteiger charge is 2.17. The molecule has 0 saturated heterocycles. The Morgan fingerprint density at radius 2 is 2.21 bits per heavy atom. The molecule has 0 fully saturated rings. The molecule has 14 heavy (non-hydrogen) atoms. The van der Waals surface area contributed by atoms with Crippen LogP contribution in [0.3, 0.4) is 0 Å². The molecule has 2 aromatic heterocycles. The van der Waals surface area contributed by atoms with Crippen LogP contribution in [0, 0.1) is 0 Å². The second-order valence-electron chi connectivity index (χ2n) is 2.57. The number of fused-ring (bicyclic) bond motifs is 1. The molecule has 0 spiro atoms. The van der Waals surface area contributed by atoms with Crippen LogP contribution in [0.15, 0.2) is 26.8 Å². The van der Waals surface area contributed by atoms with Crippen LogP contribution in [0.2, 0.25) is 0 Å². The van der Waals surface area contributed by atoms with Crippen molar-refractivity contribution in [1.82, 2.24) is 4.40 Å². The molecule has 0 bridgehead atoms. The molecule has 0 radical (unpaired) electrons. The molecular weight excluding hydrogens is 270 g/mol. The second-order valence-corrected chi connectivity index (χ2v) is 4.92. The molecule has 1 N–H and O–H groups in total. The predicted octanol–water partition coefficient (Wildman–Crippen LogP) is 1.82. The highest BCUT2D eigenvalue weighted by atomic mass is 79.9. The Morgan fingerprint density at radius 3 is 2.86 bits per heavy atom. The fourth-order valence-electron chi connectivity index (χ4n) is 1.18. The van der Waals surface area contributed by atoms with Gasteiger partial charge in [0.1, 0.15) is 8.62 Å². The lowest BCUT2D eigenvalue weighted by molar-refractivity contribution is 0.0688. The number of aromatic carboxylic acids is 1. The van der Waals surface area contributed by atoms with Crippen LogP contribution in [0.25, 0.3) is 4.83 Å². The van der Waals surface area contributed by atoms with E-state index in [1.165, 1.54) is 21.8 Å². The highest BCUT2D eigenvalue weighted by Crippen LogP contribution is 2.27. The minimum atomic E-state index is -1.11. The van der Waals surface area contributed by atoms with Crippen LogP contribution in [0.1, 0.15) is 10.5 Å². The third-order valence-electron chi connectivity index (χ3n) is 1.72. The van der Waals surface area contributed by atoms with Crippen molar-refractivity contribution in [2.45, 2.75) is 0 Å². The fourth-order valence-corrected chi connectivity index (χ4v) is 2.90. The van der Waals surface area contributed by atoms with Crippen molar-refractivity contribution in [3.05, 3.63) is 38.0 Å². The zero-order valence-corrected chi connectivity index (χ0v) is 9.13. The van der Waals surface area contributed by atoms with Crippen LogP contribution < -0.4 is 5.56 Å². The number of hydrogen-bond acceptors (Lipinski definition) is 3.